The third kappa shape index (κ3) is 3.38. The van der Waals surface area contributed by atoms with E-state index in [9.17, 15) is 4.79 Å². The molecule has 0 aromatic rings. The lowest BCUT2D eigenvalue weighted by molar-refractivity contribution is -0.130. The van der Waals surface area contributed by atoms with Crippen molar-refractivity contribution in [3.63, 3.8) is 0 Å². The summed E-state index contributed by atoms with van der Waals surface area (Å²) < 4.78 is 5.10. The molecule has 17 heavy (non-hydrogen) atoms. The maximum atomic E-state index is 11.7. The van der Waals surface area contributed by atoms with Crippen molar-refractivity contribution in [3.05, 3.63) is 0 Å². The zero-order valence-corrected chi connectivity index (χ0v) is 11.2. The van der Waals surface area contributed by atoms with E-state index >= 15 is 0 Å². The van der Waals surface area contributed by atoms with Crippen LogP contribution in [0.25, 0.3) is 0 Å². The van der Waals surface area contributed by atoms with Crippen molar-refractivity contribution >= 4 is 5.91 Å². The maximum Gasteiger partial charge on any atom is 0.253 e. The Hall–Kier alpha value is -0.690. The molecule has 1 heterocycles. The van der Waals surface area contributed by atoms with E-state index in [1.165, 1.54) is 0 Å². The summed E-state index contributed by atoms with van der Waals surface area (Å²) in [6.07, 6.45) is 0. The molecule has 1 unspecified atom stereocenters. The van der Waals surface area contributed by atoms with Gasteiger partial charge < -0.3 is 4.74 Å². The highest BCUT2D eigenvalue weighted by atomic mass is 16.5. The molecule has 6 heteroatoms. The molecule has 100 valence electrons. The number of hydrazine groups is 1. The van der Waals surface area contributed by atoms with Gasteiger partial charge in [0.1, 0.15) is 6.04 Å². The molecule has 1 amide bonds. The quantitative estimate of drug-likeness (QED) is 0.378. The second-order valence-electron chi connectivity index (χ2n) is 5.18. The summed E-state index contributed by atoms with van der Waals surface area (Å²) in [4.78, 5) is 16.2. The number of ether oxygens (including phenoxy) is 1. The predicted molar refractivity (Wildman–Crippen MR) is 66.3 cm³/mol. The Morgan fingerprint density at radius 1 is 1.53 bits per heavy atom. The number of hydrogen-bond donors (Lipinski definition) is 2. The van der Waals surface area contributed by atoms with Gasteiger partial charge in [-0.15, -0.1) is 0 Å². The zero-order valence-electron chi connectivity index (χ0n) is 11.2. The average Bonchev–Trinajstić information content (AvgIpc) is 2.28. The van der Waals surface area contributed by atoms with Crippen LogP contribution in [-0.2, 0) is 9.53 Å². The van der Waals surface area contributed by atoms with Gasteiger partial charge in [0.25, 0.3) is 5.91 Å². The second kappa shape index (κ2) is 5.77. The Kier molecular flexibility index (Phi) is 4.88. The van der Waals surface area contributed by atoms with Gasteiger partial charge in [0.15, 0.2) is 0 Å². The number of likely N-dealkylation sites (N-methyl/N-ethyl adjacent to an activating group) is 1. The molecule has 1 atom stereocenters. The first-order chi connectivity index (χ1) is 7.92. The topological polar surface area (TPSA) is 70.8 Å². The minimum Gasteiger partial charge on any atom is -0.383 e. The fourth-order valence-electron chi connectivity index (χ4n) is 2.14. The molecule has 1 aliphatic rings. The number of rotatable bonds is 4. The first-order valence-corrected chi connectivity index (χ1v) is 5.87. The third-order valence-electron chi connectivity index (χ3n) is 3.56. The molecule has 1 saturated heterocycles. The predicted octanol–water partition coefficient (Wildman–Crippen LogP) is -0.983. The highest BCUT2D eigenvalue weighted by molar-refractivity contribution is 5.81. The summed E-state index contributed by atoms with van der Waals surface area (Å²) in [7, 11) is 3.70. The maximum absolute atomic E-state index is 11.7. The van der Waals surface area contributed by atoms with E-state index in [1.54, 1.807) is 7.11 Å². The highest BCUT2D eigenvalue weighted by Gasteiger charge is 2.36. The van der Waals surface area contributed by atoms with E-state index < -0.39 is 0 Å². The van der Waals surface area contributed by atoms with Crippen LogP contribution in [0.15, 0.2) is 0 Å². The summed E-state index contributed by atoms with van der Waals surface area (Å²) in [5.74, 6) is 5.02. The first-order valence-electron chi connectivity index (χ1n) is 5.87. The van der Waals surface area contributed by atoms with Crippen molar-refractivity contribution in [1.82, 2.24) is 15.2 Å². The fraction of sp³-hybridized carbons (Fsp3) is 0.909. The van der Waals surface area contributed by atoms with Crippen LogP contribution in [-0.4, -0.2) is 67.7 Å². The monoisotopic (exact) mass is 244 g/mol. The molecule has 0 aliphatic carbocycles. The SMILES string of the molecule is COCC(C(=O)NN)N1CCN(C)C(C)(C)C1. The number of amides is 1. The van der Waals surface area contributed by atoms with Gasteiger partial charge in [-0.3, -0.25) is 20.0 Å². The van der Waals surface area contributed by atoms with Crippen molar-refractivity contribution < 1.29 is 9.53 Å². The van der Waals surface area contributed by atoms with E-state index in [0.717, 1.165) is 19.6 Å². The van der Waals surface area contributed by atoms with Gasteiger partial charge in [0.2, 0.25) is 0 Å². The van der Waals surface area contributed by atoms with Crippen molar-refractivity contribution in [2.45, 2.75) is 25.4 Å². The molecule has 1 rings (SSSR count). The van der Waals surface area contributed by atoms with Crippen molar-refractivity contribution in [1.29, 1.82) is 0 Å². The number of nitrogens with one attached hydrogen (secondary N) is 1. The molecule has 0 aromatic heterocycles. The van der Waals surface area contributed by atoms with E-state index in [0.29, 0.717) is 6.61 Å². The second-order valence-corrected chi connectivity index (χ2v) is 5.18. The molecule has 0 radical (unpaired) electrons. The van der Waals surface area contributed by atoms with Crippen molar-refractivity contribution in [3.8, 4) is 0 Å². The summed E-state index contributed by atoms with van der Waals surface area (Å²) >= 11 is 0. The molecule has 1 aliphatic heterocycles. The number of hydrogen-bond acceptors (Lipinski definition) is 5. The van der Waals surface area contributed by atoms with Crippen LogP contribution in [0.3, 0.4) is 0 Å². The van der Waals surface area contributed by atoms with Gasteiger partial charge in [-0.25, -0.2) is 5.84 Å². The van der Waals surface area contributed by atoms with Crippen LogP contribution < -0.4 is 11.3 Å². The number of carbonyl (C=O) groups is 1. The lowest BCUT2D eigenvalue weighted by Gasteiger charge is -2.47. The Morgan fingerprint density at radius 3 is 2.65 bits per heavy atom. The molecular formula is C11H24N4O2. The third-order valence-corrected chi connectivity index (χ3v) is 3.56. The number of carbonyl (C=O) groups excluding carboxylic acids is 1. The van der Waals surface area contributed by atoms with Gasteiger partial charge in [-0.05, 0) is 20.9 Å². The number of nitrogens with two attached hydrogens (primary N) is 1. The lowest BCUT2D eigenvalue weighted by Crippen LogP contribution is -2.63. The Morgan fingerprint density at radius 2 is 2.18 bits per heavy atom. The average molecular weight is 244 g/mol. The molecular weight excluding hydrogens is 220 g/mol. The van der Waals surface area contributed by atoms with Crippen LogP contribution in [0, 0.1) is 0 Å². The summed E-state index contributed by atoms with van der Waals surface area (Å²) in [6, 6.07) is -0.307. The van der Waals surface area contributed by atoms with Gasteiger partial charge in [0.05, 0.1) is 6.61 Å². The first kappa shape index (κ1) is 14.4. The fourth-order valence-corrected chi connectivity index (χ4v) is 2.14. The van der Waals surface area contributed by atoms with Gasteiger partial charge in [-0.1, -0.05) is 0 Å². The van der Waals surface area contributed by atoms with Crippen LogP contribution in [0.4, 0.5) is 0 Å². The standard InChI is InChI=1S/C11H24N4O2/c1-11(2)8-15(6-5-14(11)3)9(7-17-4)10(16)13-12/h9H,5-8,12H2,1-4H3,(H,13,16). The largest absolute Gasteiger partial charge is 0.383 e. The van der Waals surface area contributed by atoms with E-state index in [2.05, 4.69) is 36.1 Å². The molecule has 0 spiro atoms. The highest BCUT2D eigenvalue weighted by Crippen LogP contribution is 2.20. The van der Waals surface area contributed by atoms with Crippen molar-refractivity contribution in [2.24, 2.45) is 5.84 Å². The summed E-state index contributed by atoms with van der Waals surface area (Å²) in [6.45, 7) is 7.31. The summed E-state index contributed by atoms with van der Waals surface area (Å²) in [5, 5.41) is 0. The Labute approximate surface area is 103 Å². The molecule has 1 fully saturated rings. The van der Waals surface area contributed by atoms with Gasteiger partial charge >= 0.3 is 0 Å². The number of piperazine rings is 1. The minimum atomic E-state index is -0.307. The normalized spacial score (nSPS) is 23.4. The number of nitrogens with zero attached hydrogens (tertiary/aromatic N) is 2. The molecule has 6 nitrogen and oxygen atoms in total. The molecule has 0 aromatic carbocycles. The Bertz CT molecular complexity index is 270. The molecule has 0 bridgehead atoms. The van der Waals surface area contributed by atoms with E-state index in [-0.39, 0.29) is 17.5 Å². The zero-order chi connectivity index (χ0) is 13.1. The van der Waals surface area contributed by atoms with Crippen LogP contribution in [0.2, 0.25) is 0 Å². The minimum absolute atomic E-state index is 0.0547. The van der Waals surface area contributed by atoms with Crippen LogP contribution >= 0.6 is 0 Å². The van der Waals surface area contributed by atoms with E-state index in [1.807, 2.05) is 0 Å². The van der Waals surface area contributed by atoms with E-state index in [4.69, 9.17) is 10.6 Å². The van der Waals surface area contributed by atoms with Gasteiger partial charge in [-0.2, -0.15) is 0 Å². The summed E-state index contributed by atoms with van der Waals surface area (Å²) in [5.41, 5.74) is 2.27. The van der Waals surface area contributed by atoms with Crippen LogP contribution in [0.1, 0.15) is 13.8 Å². The lowest BCUT2D eigenvalue weighted by atomic mass is 9.98. The number of methoxy groups -OCH3 is 1. The van der Waals surface area contributed by atoms with Crippen LogP contribution in [0.5, 0.6) is 0 Å². The molecule has 0 saturated carbocycles. The van der Waals surface area contributed by atoms with Crippen molar-refractivity contribution in [2.75, 3.05) is 40.4 Å². The smallest absolute Gasteiger partial charge is 0.253 e. The molecule has 3 N–H and O–H groups in total. The van der Waals surface area contributed by atoms with Gasteiger partial charge in [0, 0.05) is 32.3 Å². The Balaban J connectivity index is 2.72.